The summed E-state index contributed by atoms with van der Waals surface area (Å²) < 4.78 is 0. The minimum atomic E-state index is 0.0377. The number of amides is 1. The average molecular weight is 342 g/mol. The number of nitrogens with one attached hydrogen (secondary N) is 2. The summed E-state index contributed by atoms with van der Waals surface area (Å²) in [4.78, 5) is 22.7. The molecule has 1 saturated heterocycles. The van der Waals surface area contributed by atoms with Crippen molar-refractivity contribution in [2.24, 2.45) is 0 Å². The monoisotopic (exact) mass is 342 g/mol. The first-order valence-electron chi connectivity index (χ1n) is 9.49. The number of aryl methyl sites for hydroxylation is 2. The van der Waals surface area contributed by atoms with E-state index in [2.05, 4.69) is 53.1 Å². The minimum absolute atomic E-state index is 0.0377. The first-order chi connectivity index (χ1) is 12.0. The summed E-state index contributed by atoms with van der Waals surface area (Å²) in [6.07, 6.45) is 5.53. The van der Waals surface area contributed by atoms with Gasteiger partial charge in [-0.1, -0.05) is 18.9 Å². The third kappa shape index (κ3) is 4.82. The van der Waals surface area contributed by atoms with Crippen LogP contribution < -0.4 is 5.32 Å². The lowest BCUT2D eigenvalue weighted by Crippen LogP contribution is -2.43. The van der Waals surface area contributed by atoms with Gasteiger partial charge in [-0.3, -0.25) is 4.79 Å². The fourth-order valence-corrected chi connectivity index (χ4v) is 3.84. The summed E-state index contributed by atoms with van der Waals surface area (Å²) in [5, 5.41) is 3.13. The van der Waals surface area contributed by atoms with Crippen LogP contribution in [0.5, 0.6) is 0 Å². The molecule has 5 nitrogen and oxygen atoms in total. The van der Waals surface area contributed by atoms with E-state index in [4.69, 9.17) is 0 Å². The van der Waals surface area contributed by atoms with Crippen molar-refractivity contribution in [3.05, 3.63) is 29.1 Å². The number of benzene rings is 1. The van der Waals surface area contributed by atoms with Gasteiger partial charge in [0.2, 0.25) is 5.91 Å². The first-order valence-corrected chi connectivity index (χ1v) is 9.49. The normalized spacial score (nSPS) is 17.4. The Balaban J connectivity index is 1.55. The van der Waals surface area contributed by atoms with E-state index in [1.807, 2.05) is 0 Å². The van der Waals surface area contributed by atoms with Crippen LogP contribution in [0.3, 0.4) is 0 Å². The predicted octanol–water partition coefficient (Wildman–Crippen LogP) is 3.10. The number of hydrogen-bond donors (Lipinski definition) is 2. The van der Waals surface area contributed by atoms with Gasteiger partial charge in [-0.2, -0.15) is 0 Å². The largest absolute Gasteiger partial charge is 0.352 e. The molecular weight excluding hydrogens is 312 g/mol. The van der Waals surface area contributed by atoms with Gasteiger partial charge in [0, 0.05) is 12.6 Å². The standard InChI is InChI=1S/C20H30N4O/c1-14-10-15(2)20-17(11-14)22-18(23-20)12-19(25)21-16(3)13-24-8-6-4-5-7-9-24/h10-11,16H,4-9,12-13H2,1-3H3,(H,21,25)(H,22,23)/t16-/m1/s1. The van der Waals surface area contributed by atoms with E-state index in [9.17, 15) is 4.79 Å². The van der Waals surface area contributed by atoms with Crippen molar-refractivity contribution in [1.82, 2.24) is 20.2 Å². The lowest BCUT2D eigenvalue weighted by molar-refractivity contribution is -0.121. The number of imidazole rings is 1. The second-order valence-electron chi connectivity index (χ2n) is 7.52. The Hall–Kier alpha value is -1.88. The Morgan fingerprint density at radius 3 is 2.68 bits per heavy atom. The summed E-state index contributed by atoms with van der Waals surface area (Å²) in [5.74, 6) is 0.777. The Labute approximate surface area is 150 Å². The molecule has 5 heteroatoms. The molecule has 0 spiro atoms. The maximum absolute atomic E-state index is 12.4. The van der Waals surface area contributed by atoms with E-state index < -0.39 is 0 Å². The molecule has 2 heterocycles. The van der Waals surface area contributed by atoms with Crippen LogP contribution in [0, 0.1) is 13.8 Å². The maximum Gasteiger partial charge on any atom is 0.227 e. The molecule has 2 N–H and O–H groups in total. The minimum Gasteiger partial charge on any atom is -0.352 e. The Kier molecular flexibility index (Phi) is 5.74. The van der Waals surface area contributed by atoms with E-state index in [1.54, 1.807) is 0 Å². The number of rotatable bonds is 5. The number of hydrogen-bond acceptors (Lipinski definition) is 3. The molecule has 0 radical (unpaired) electrons. The fraction of sp³-hybridized carbons (Fsp3) is 0.600. The van der Waals surface area contributed by atoms with Gasteiger partial charge in [-0.05, 0) is 63.9 Å². The Morgan fingerprint density at radius 1 is 1.24 bits per heavy atom. The summed E-state index contributed by atoms with van der Waals surface area (Å²) in [6.45, 7) is 9.47. The van der Waals surface area contributed by atoms with Crippen molar-refractivity contribution >= 4 is 16.9 Å². The van der Waals surface area contributed by atoms with Gasteiger partial charge in [0.1, 0.15) is 5.82 Å². The number of carbonyl (C=O) groups is 1. The van der Waals surface area contributed by atoms with Crippen molar-refractivity contribution in [3.8, 4) is 0 Å². The summed E-state index contributed by atoms with van der Waals surface area (Å²) in [7, 11) is 0. The van der Waals surface area contributed by atoms with Crippen LogP contribution in [-0.2, 0) is 11.2 Å². The Morgan fingerprint density at radius 2 is 1.96 bits per heavy atom. The molecule has 1 amide bonds. The highest BCUT2D eigenvalue weighted by Gasteiger charge is 2.16. The van der Waals surface area contributed by atoms with E-state index in [0.29, 0.717) is 6.42 Å². The molecule has 1 atom stereocenters. The van der Waals surface area contributed by atoms with E-state index in [1.165, 1.54) is 31.2 Å². The Bertz CT molecular complexity index is 729. The van der Waals surface area contributed by atoms with Crippen molar-refractivity contribution in [2.75, 3.05) is 19.6 Å². The quantitative estimate of drug-likeness (QED) is 0.878. The molecule has 25 heavy (non-hydrogen) atoms. The third-order valence-corrected chi connectivity index (χ3v) is 4.94. The van der Waals surface area contributed by atoms with Gasteiger partial charge in [0.25, 0.3) is 0 Å². The zero-order valence-electron chi connectivity index (χ0n) is 15.7. The summed E-state index contributed by atoms with van der Waals surface area (Å²) in [5.41, 5.74) is 4.33. The molecule has 1 fully saturated rings. The first kappa shape index (κ1) is 17.9. The average Bonchev–Trinajstić information content (AvgIpc) is 2.75. The van der Waals surface area contributed by atoms with Crippen molar-refractivity contribution in [1.29, 1.82) is 0 Å². The van der Waals surface area contributed by atoms with Crippen LogP contribution in [0.1, 0.15) is 49.6 Å². The van der Waals surface area contributed by atoms with Gasteiger partial charge in [0.15, 0.2) is 0 Å². The zero-order valence-corrected chi connectivity index (χ0v) is 15.7. The molecule has 1 aliphatic heterocycles. The predicted molar refractivity (Wildman–Crippen MR) is 102 cm³/mol. The second-order valence-corrected chi connectivity index (χ2v) is 7.52. The van der Waals surface area contributed by atoms with Crippen LogP contribution in [0.25, 0.3) is 11.0 Å². The van der Waals surface area contributed by atoms with E-state index >= 15 is 0 Å². The van der Waals surface area contributed by atoms with Gasteiger partial charge >= 0.3 is 0 Å². The number of carbonyl (C=O) groups excluding carboxylic acids is 1. The molecule has 1 aliphatic rings. The molecular formula is C20H30N4O. The molecule has 0 unspecified atom stereocenters. The smallest absolute Gasteiger partial charge is 0.227 e. The third-order valence-electron chi connectivity index (χ3n) is 4.94. The summed E-state index contributed by atoms with van der Waals surface area (Å²) in [6, 6.07) is 4.37. The molecule has 2 aromatic rings. The fourth-order valence-electron chi connectivity index (χ4n) is 3.84. The SMILES string of the molecule is Cc1cc(C)c2nc(CC(=O)N[C@H](C)CN3CCCCCC3)[nH]c2c1. The number of likely N-dealkylation sites (tertiary alicyclic amines) is 1. The molecule has 3 rings (SSSR count). The number of nitrogens with zero attached hydrogens (tertiary/aromatic N) is 2. The van der Waals surface area contributed by atoms with E-state index in [-0.39, 0.29) is 11.9 Å². The van der Waals surface area contributed by atoms with Crippen molar-refractivity contribution < 1.29 is 4.79 Å². The summed E-state index contributed by atoms with van der Waals surface area (Å²) >= 11 is 0. The number of aromatic nitrogens is 2. The number of aromatic amines is 1. The maximum atomic E-state index is 12.4. The molecule has 0 aliphatic carbocycles. The highest BCUT2D eigenvalue weighted by Crippen LogP contribution is 2.18. The number of H-pyrrole nitrogens is 1. The zero-order chi connectivity index (χ0) is 17.8. The molecule has 0 saturated carbocycles. The molecule has 1 aromatic heterocycles. The topological polar surface area (TPSA) is 61.0 Å². The van der Waals surface area contributed by atoms with Crippen molar-refractivity contribution in [2.45, 2.75) is 58.9 Å². The van der Waals surface area contributed by atoms with Crippen LogP contribution in [-0.4, -0.2) is 46.5 Å². The highest BCUT2D eigenvalue weighted by atomic mass is 16.1. The lowest BCUT2D eigenvalue weighted by Gasteiger charge is -2.24. The molecule has 1 aromatic carbocycles. The number of fused-ring (bicyclic) bond motifs is 1. The van der Waals surface area contributed by atoms with E-state index in [0.717, 1.165) is 42.1 Å². The van der Waals surface area contributed by atoms with Crippen LogP contribution in [0.15, 0.2) is 12.1 Å². The van der Waals surface area contributed by atoms with Crippen molar-refractivity contribution in [3.63, 3.8) is 0 Å². The van der Waals surface area contributed by atoms with Crippen LogP contribution >= 0.6 is 0 Å². The van der Waals surface area contributed by atoms with Gasteiger partial charge in [-0.15, -0.1) is 0 Å². The highest BCUT2D eigenvalue weighted by molar-refractivity contribution is 5.82. The molecule has 0 bridgehead atoms. The van der Waals surface area contributed by atoms with Crippen LogP contribution in [0.4, 0.5) is 0 Å². The van der Waals surface area contributed by atoms with Gasteiger partial charge in [-0.25, -0.2) is 4.98 Å². The molecule has 136 valence electrons. The van der Waals surface area contributed by atoms with Crippen LogP contribution in [0.2, 0.25) is 0 Å². The van der Waals surface area contributed by atoms with Gasteiger partial charge < -0.3 is 15.2 Å². The van der Waals surface area contributed by atoms with Gasteiger partial charge in [0.05, 0.1) is 17.5 Å². The second kappa shape index (κ2) is 8.00. The lowest BCUT2D eigenvalue weighted by atomic mass is 10.1.